The van der Waals surface area contributed by atoms with Crippen molar-refractivity contribution in [1.29, 1.82) is 0 Å². The van der Waals surface area contributed by atoms with E-state index in [9.17, 15) is 9.90 Å². The third-order valence-corrected chi connectivity index (χ3v) is 2.53. The third-order valence-electron chi connectivity index (χ3n) is 2.53. The summed E-state index contributed by atoms with van der Waals surface area (Å²) in [7, 11) is 0. The highest BCUT2D eigenvalue weighted by molar-refractivity contribution is 5.75. The van der Waals surface area contributed by atoms with E-state index in [0.717, 1.165) is 12.8 Å². The van der Waals surface area contributed by atoms with Crippen LogP contribution in [-0.2, 0) is 4.79 Å². The molecule has 2 atom stereocenters. The van der Waals surface area contributed by atoms with Crippen LogP contribution < -0.4 is 0 Å². The number of carboxylic acids is 1. The van der Waals surface area contributed by atoms with Crippen molar-refractivity contribution in [1.82, 2.24) is 0 Å². The zero-order chi connectivity index (χ0) is 10.6. The molecule has 0 aliphatic heterocycles. The fourth-order valence-electron chi connectivity index (χ4n) is 1.66. The van der Waals surface area contributed by atoms with Gasteiger partial charge in [0.25, 0.3) is 0 Å². The van der Waals surface area contributed by atoms with Gasteiger partial charge in [-0.3, -0.25) is 4.79 Å². The molecular formula is C11H16O3. The molecule has 0 fully saturated rings. The zero-order valence-electron chi connectivity index (χ0n) is 8.31. The Hall–Kier alpha value is -1.09. The van der Waals surface area contributed by atoms with E-state index in [4.69, 9.17) is 5.11 Å². The van der Waals surface area contributed by atoms with Crippen LogP contribution in [-0.4, -0.2) is 21.8 Å². The highest BCUT2D eigenvalue weighted by Crippen LogP contribution is 2.29. The third kappa shape index (κ3) is 2.23. The van der Waals surface area contributed by atoms with Crippen molar-refractivity contribution in [2.45, 2.75) is 31.8 Å². The largest absolute Gasteiger partial charge is 0.481 e. The van der Waals surface area contributed by atoms with Crippen LogP contribution in [0.15, 0.2) is 24.3 Å². The molecule has 0 aromatic rings. The van der Waals surface area contributed by atoms with Gasteiger partial charge in [-0.05, 0) is 6.42 Å². The van der Waals surface area contributed by atoms with Gasteiger partial charge in [-0.1, -0.05) is 44.1 Å². The van der Waals surface area contributed by atoms with Gasteiger partial charge in [0.1, 0.15) is 5.92 Å². The minimum atomic E-state index is -1.20. The number of hydrogen-bond acceptors (Lipinski definition) is 2. The smallest absolute Gasteiger partial charge is 0.313 e. The van der Waals surface area contributed by atoms with Gasteiger partial charge >= 0.3 is 5.97 Å². The van der Waals surface area contributed by atoms with Crippen molar-refractivity contribution >= 4 is 5.97 Å². The predicted molar refractivity (Wildman–Crippen MR) is 53.9 cm³/mol. The Kier molecular flexibility index (Phi) is 3.47. The van der Waals surface area contributed by atoms with Gasteiger partial charge in [-0.15, -0.1) is 0 Å². The molecule has 2 unspecified atom stereocenters. The van der Waals surface area contributed by atoms with E-state index in [-0.39, 0.29) is 0 Å². The molecule has 0 radical (unpaired) electrons. The Labute approximate surface area is 83.8 Å². The van der Waals surface area contributed by atoms with Crippen LogP contribution in [0.1, 0.15) is 26.2 Å². The van der Waals surface area contributed by atoms with E-state index in [1.165, 1.54) is 6.08 Å². The van der Waals surface area contributed by atoms with Gasteiger partial charge in [-0.25, -0.2) is 0 Å². The quantitative estimate of drug-likeness (QED) is 0.720. The number of carbonyl (C=O) groups is 1. The van der Waals surface area contributed by atoms with Gasteiger partial charge in [-0.2, -0.15) is 0 Å². The van der Waals surface area contributed by atoms with Crippen molar-refractivity contribution in [2.24, 2.45) is 5.92 Å². The molecule has 0 aromatic carbocycles. The number of unbranched alkanes of at least 4 members (excludes halogenated alkanes) is 1. The van der Waals surface area contributed by atoms with E-state index in [2.05, 4.69) is 0 Å². The van der Waals surface area contributed by atoms with Crippen LogP contribution in [0.3, 0.4) is 0 Å². The fraction of sp³-hybridized carbons (Fsp3) is 0.545. The lowest BCUT2D eigenvalue weighted by molar-refractivity contribution is -0.146. The fourth-order valence-corrected chi connectivity index (χ4v) is 1.66. The van der Waals surface area contributed by atoms with Gasteiger partial charge in [0.05, 0.1) is 5.60 Å². The maximum atomic E-state index is 10.9. The summed E-state index contributed by atoms with van der Waals surface area (Å²) in [6, 6.07) is 0. The van der Waals surface area contributed by atoms with E-state index in [1.54, 1.807) is 18.2 Å². The Morgan fingerprint density at radius 1 is 1.50 bits per heavy atom. The standard InChI is InChI=1S/C11H16O3/c1-2-3-7-11(14)8-5-4-6-9(11)10(12)13/h4-6,8-9,14H,2-3,7H2,1H3,(H,12,13). The van der Waals surface area contributed by atoms with Crippen LogP contribution in [0, 0.1) is 5.92 Å². The second-order valence-electron chi connectivity index (χ2n) is 3.65. The summed E-state index contributed by atoms with van der Waals surface area (Å²) in [5.74, 6) is -1.77. The van der Waals surface area contributed by atoms with Crippen molar-refractivity contribution in [3.05, 3.63) is 24.3 Å². The predicted octanol–water partition coefficient (Wildman–Crippen LogP) is 1.73. The molecule has 0 aromatic heterocycles. The Balaban J connectivity index is 2.77. The molecule has 2 N–H and O–H groups in total. The van der Waals surface area contributed by atoms with Gasteiger partial charge < -0.3 is 10.2 Å². The number of rotatable bonds is 4. The number of carboxylic acid groups (broad SMARTS) is 1. The number of aliphatic hydroxyl groups is 1. The summed E-state index contributed by atoms with van der Waals surface area (Å²) in [5, 5.41) is 19.0. The number of hydrogen-bond donors (Lipinski definition) is 2. The van der Waals surface area contributed by atoms with Crippen molar-refractivity contribution in [3.63, 3.8) is 0 Å². The molecule has 3 nitrogen and oxygen atoms in total. The Morgan fingerprint density at radius 3 is 2.79 bits per heavy atom. The molecule has 3 heteroatoms. The topological polar surface area (TPSA) is 57.5 Å². The normalized spacial score (nSPS) is 30.6. The zero-order valence-corrected chi connectivity index (χ0v) is 8.31. The molecule has 1 aliphatic rings. The van der Waals surface area contributed by atoms with Gasteiger partial charge in [0.2, 0.25) is 0 Å². The lowest BCUT2D eigenvalue weighted by Gasteiger charge is -2.30. The van der Waals surface area contributed by atoms with E-state index in [0.29, 0.717) is 6.42 Å². The summed E-state index contributed by atoms with van der Waals surface area (Å²) >= 11 is 0. The van der Waals surface area contributed by atoms with Gasteiger partial charge in [0.15, 0.2) is 0 Å². The summed E-state index contributed by atoms with van der Waals surface area (Å²) in [5.41, 5.74) is -1.20. The number of aliphatic carboxylic acids is 1. The molecule has 0 bridgehead atoms. The van der Waals surface area contributed by atoms with Crippen molar-refractivity contribution in [2.75, 3.05) is 0 Å². The van der Waals surface area contributed by atoms with Crippen LogP contribution in [0.2, 0.25) is 0 Å². The first-order chi connectivity index (χ1) is 6.60. The van der Waals surface area contributed by atoms with Crippen LogP contribution >= 0.6 is 0 Å². The van der Waals surface area contributed by atoms with Gasteiger partial charge in [0, 0.05) is 0 Å². The Morgan fingerprint density at radius 2 is 2.21 bits per heavy atom. The molecule has 0 saturated carbocycles. The summed E-state index contributed by atoms with van der Waals surface area (Å²) in [6.45, 7) is 2.02. The molecule has 1 aliphatic carbocycles. The molecule has 78 valence electrons. The summed E-state index contributed by atoms with van der Waals surface area (Å²) < 4.78 is 0. The second-order valence-corrected chi connectivity index (χ2v) is 3.65. The van der Waals surface area contributed by atoms with Crippen LogP contribution in [0.5, 0.6) is 0 Å². The first-order valence-corrected chi connectivity index (χ1v) is 4.91. The minimum Gasteiger partial charge on any atom is -0.481 e. The lowest BCUT2D eigenvalue weighted by atomic mass is 9.80. The molecule has 0 amide bonds. The first kappa shape index (κ1) is 11.0. The SMILES string of the molecule is CCCCC1(O)C=CC=CC1C(=O)O. The maximum Gasteiger partial charge on any atom is 0.313 e. The Bertz CT molecular complexity index is 268. The summed E-state index contributed by atoms with van der Waals surface area (Å²) in [6.07, 6.45) is 8.78. The average Bonchev–Trinajstić information content (AvgIpc) is 2.15. The lowest BCUT2D eigenvalue weighted by Crippen LogP contribution is -2.40. The highest BCUT2D eigenvalue weighted by atomic mass is 16.4. The van der Waals surface area contributed by atoms with Crippen molar-refractivity contribution < 1.29 is 15.0 Å². The monoisotopic (exact) mass is 196 g/mol. The van der Waals surface area contributed by atoms with E-state index >= 15 is 0 Å². The molecule has 0 heterocycles. The molecule has 0 spiro atoms. The molecule has 14 heavy (non-hydrogen) atoms. The molecular weight excluding hydrogens is 180 g/mol. The van der Waals surface area contributed by atoms with E-state index in [1.807, 2.05) is 6.92 Å². The maximum absolute atomic E-state index is 10.9. The molecule has 0 saturated heterocycles. The summed E-state index contributed by atoms with van der Waals surface area (Å²) in [4.78, 5) is 10.9. The highest BCUT2D eigenvalue weighted by Gasteiger charge is 2.38. The van der Waals surface area contributed by atoms with Crippen LogP contribution in [0.25, 0.3) is 0 Å². The van der Waals surface area contributed by atoms with E-state index < -0.39 is 17.5 Å². The van der Waals surface area contributed by atoms with Crippen molar-refractivity contribution in [3.8, 4) is 0 Å². The van der Waals surface area contributed by atoms with Crippen LogP contribution in [0.4, 0.5) is 0 Å². The molecule has 1 rings (SSSR count). The average molecular weight is 196 g/mol. The first-order valence-electron chi connectivity index (χ1n) is 4.91. The number of allylic oxidation sites excluding steroid dienone is 2. The second kappa shape index (κ2) is 4.42. The minimum absolute atomic E-state index is 0.501.